The van der Waals surface area contributed by atoms with Gasteiger partial charge in [-0.25, -0.2) is 0 Å². The molecule has 0 radical (unpaired) electrons. The lowest BCUT2D eigenvalue weighted by Gasteiger charge is -2.35. The Kier molecular flexibility index (Phi) is 4.42. The van der Waals surface area contributed by atoms with Crippen molar-refractivity contribution in [3.63, 3.8) is 0 Å². The van der Waals surface area contributed by atoms with E-state index in [0.29, 0.717) is 13.0 Å². The van der Waals surface area contributed by atoms with Crippen molar-refractivity contribution in [1.29, 1.82) is 0 Å². The number of carbonyl (C=O) groups is 2. The van der Waals surface area contributed by atoms with Crippen LogP contribution < -0.4 is 16.4 Å². The molecule has 6 nitrogen and oxygen atoms in total. The van der Waals surface area contributed by atoms with Crippen LogP contribution in [0.5, 0.6) is 0 Å². The second-order valence-electron chi connectivity index (χ2n) is 5.76. The van der Waals surface area contributed by atoms with E-state index in [9.17, 15) is 9.59 Å². The van der Waals surface area contributed by atoms with Gasteiger partial charge < -0.3 is 21.3 Å². The molecule has 108 valence electrons. The van der Waals surface area contributed by atoms with Gasteiger partial charge in [0.25, 0.3) is 0 Å². The van der Waals surface area contributed by atoms with E-state index in [2.05, 4.69) is 10.6 Å². The molecule has 2 aliphatic rings. The highest BCUT2D eigenvalue weighted by molar-refractivity contribution is 5.90. The smallest absolute Gasteiger partial charge is 0.241 e. The van der Waals surface area contributed by atoms with Crippen molar-refractivity contribution >= 4 is 11.8 Å². The van der Waals surface area contributed by atoms with Crippen LogP contribution in [0, 0.1) is 0 Å². The van der Waals surface area contributed by atoms with Crippen LogP contribution in [0.25, 0.3) is 0 Å². The minimum absolute atomic E-state index is 0.00667. The molecular weight excluding hydrogens is 244 g/mol. The van der Waals surface area contributed by atoms with E-state index in [0.717, 1.165) is 19.4 Å². The Labute approximate surface area is 114 Å². The lowest BCUT2D eigenvalue weighted by molar-refractivity contribution is -0.141. The van der Waals surface area contributed by atoms with Crippen LogP contribution in [0.3, 0.4) is 0 Å². The zero-order valence-electron chi connectivity index (χ0n) is 11.7. The number of nitrogens with two attached hydrogens (primary N) is 1. The second-order valence-corrected chi connectivity index (χ2v) is 5.76. The lowest BCUT2D eigenvalue weighted by Crippen LogP contribution is -2.59. The maximum Gasteiger partial charge on any atom is 0.241 e. The van der Waals surface area contributed by atoms with Gasteiger partial charge in [-0.3, -0.25) is 9.59 Å². The lowest BCUT2D eigenvalue weighted by atomic mass is 10.1. The van der Waals surface area contributed by atoms with Crippen LogP contribution in [0.1, 0.15) is 33.1 Å². The SMILES string of the molecule is CC(C)NC1CNCCC2CCC(C(N)=O)N2C1=O. The van der Waals surface area contributed by atoms with Gasteiger partial charge in [0.15, 0.2) is 0 Å². The molecule has 3 unspecified atom stereocenters. The van der Waals surface area contributed by atoms with E-state index < -0.39 is 6.04 Å². The van der Waals surface area contributed by atoms with Gasteiger partial charge in [0, 0.05) is 18.6 Å². The van der Waals surface area contributed by atoms with Gasteiger partial charge in [0.05, 0.1) is 6.04 Å². The zero-order chi connectivity index (χ0) is 14.0. The van der Waals surface area contributed by atoms with Gasteiger partial charge in [0.2, 0.25) is 11.8 Å². The molecule has 0 saturated carbocycles. The summed E-state index contributed by atoms with van der Waals surface area (Å²) >= 11 is 0. The monoisotopic (exact) mass is 268 g/mol. The summed E-state index contributed by atoms with van der Waals surface area (Å²) in [7, 11) is 0. The fourth-order valence-corrected chi connectivity index (χ4v) is 3.09. The van der Waals surface area contributed by atoms with Crippen LogP contribution in [0.2, 0.25) is 0 Å². The standard InChI is InChI=1S/C13H24N4O2/c1-8(2)16-10-7-15-6-5-9-3-4-11(12(14)18)17(9)13(10)19/h8-11,15-16H,3-7H2,1-2H3,(H2,14,18). The van der Waals surface area contributed by atoms with Gasteiger partial charge >= 0.3 is 0 Å². The topological polar surface area (TPSA) is 87.5 Å². The first-order chi connectivity index (χ1) is 9.00. The first kappa shape index (κ1) is 14.3. The number of primary amides is 1. The summed E-state index contributed by atoms with van der Waals surface area (Å²) in [6.45, 7) is 5.50. The molecule has 6 heteroatoms. The second kappa shape index (κ2) is 5.88. The molecule has 2 aliphatic heterocycles. The number of nitrogens with one attached hydrogen (secondary N) is 2. The minimum atomic E-state index is -0.424. The highest BCUT2D eigenvalue weighted by Gasteiger charge is 2.42. The number of fused-ring (bicyclic) bond motifs is 1. The van der Waals surface area contributed by atoms with Crippen molar-refractivity contribution in [2.75, 3.05) is 13.1 Å². The van der Waals surface area contributed by atoms with Crippen molar-refractivity contribution in [3.8, 4) is 0 Å². The summed E-state index contributed by atoms with van der Waals surface area (Å²) in [5, 5.41) is 6.57. The fourth-order valence-electron chi connectivity index (χ4n) is 3.09. The molecule has 19 heavy (non-hydrogen) atoms. The first-order valence-electron chi connectivity index (χ1n) is 7.09. The number of nitrogens with zero attached hydrogens (tertiary/aromatic N) is 1. The molecule has 2 amide bonds. The van der Waals surface area contributed by atoms with Gasteiger partial charge in [-0.05, 0) is 25.8 Å². The van der Waals surface area contributed by atoms with Crippen LogP contribution in [0.15, 0.2) is 0 Å². The Morgan fingerprint density at radius 2 is 2.16 bits per heavy atom. The summed E-state index contributed by atoms with van der Waals surface area (Å²) in [6.07, 6.45) is 2.46. The molecule has 4 N–H and O–H groups in total. The van der Waals surface area contributed by atoms with Crippen molar-refractivity contribution in [3.05, 3.63) is 0 Å². The van der Waals surface area contributed by atoms with Crippen LogP contribution in [0.4, 0.5) is 0 Å². The summed E-state index contributed by atoms with van der Waals surface area (Å²) in [4.78, 5) is 25.9. The van der Waals surface area contributed by atoms with Crippen LogP contribution in [-0.4, -0.2) is 54.0 Å². The molecule has 0 aromatic heterocycles. The summed E-state index contributed by atoms with van der Waals surface area (Å²) in [5.41, 5.74) is 5.43. The average Bonchev–Trinajstić information content (AvgIpc) is 2.73. The fraction of sp³-hybridized carbons (Fsp3) is 0.846. The molecule has 2 rings (SSSR count). The predicted octanol–water partition coefficient (Wildman–Crippen LogP) is -0.809. The maximum absolute atomic E-state index is 12.6. The summed E-state index contributed by atoms with van der Waals surface area (Å²) < 4.78 is 0. The molecule has 2 fully saturated rings. The van der Waals surface area contributed by atoms with E-state index in [4.69, 9.17) is 5.73 Å². The molecule has 2 heterocycles. The van der Waals surface area contributed by atoms with Crippen molar-refractivity contribution in [1.82, 2.24) is 15.5 Å². The third-order valence-corrected chi connectivity index (χ3v) is 3.92. The van der Waals surface area contributed by atoms with Crippen molar-refractivity contribution in [2.24, 2.45) is 5.73 Å². The molecule has 0 bridgehead atoms. The van der Waals surface area contributed by atoms with Crippen molar-refractivity contribution in [2.45, 2.75) is 57.3 Å². The van der Waals surface area contributed by atoms with Crippen LogP contribution >= 0.6 is 0 Å². The third kappa shape index (κ3) is 3.06. The van der Waals surface area contributed by atoms with E-state index in [1.54, 1.807) is 4.90 Å². The third-order valence-electron chi connectivity index (χ3n) is 3.92. The van der Waals surface area contributed by atoms with Crippen molar-refractivity contribution < 1.29 is 9.59 Å². The van der Waals surface area contributed by atoms with E-state index in [1.807, 2.05) is 13.8 Å². The Morgan fingerprint density at radius 3 is 2.79 bits per heavy atom. The molecule has 0 aromatic carbocycles. The number of rotatable bonds is 3. The van der Waals surface area contributed by atoms with Gasteiger partial charge in [-0.2, -0.15) is 0 Å². The summed E-state index contributed by atoms with van der Waals surface area (Å²) in [5.74, 6) is -0.375. The Balaban J connectivity index is 2.18. The van der Waals surface area contributed by atoms with E-state index >= 15 is 0 Å². The average molecular weight is 268 g/mol. The minimum Gasteiger partial charge on any atom is -0.368 e. The quantitative estimate of drug-likeness (QED) is 0.625. The largest absolute Gasteiger partial charge is 0.368 e. The molecular formula is C13H24N4O2. The number of hydrogen-bond donors (Lipinski definition) is 3. The highest BCUT2D eigenvalue weighted by Crippen LogP contribution is 2.27. The molecule has 3 atom stereocenters. The number of carbonyl (C=O) groups excluding carboxylic acids is 2. The maximum atomic E-state index is 12.6. The van der Waals surface area contributed by atoms with Gasteiger partial charge in [0.1, 0.15) is 6.04 Å². The Hall–Kier alpha value is -1.14. The Morgan fingerprint density at radius 1 is 1.42 bits per heavy atom. The van der Waals surface area contributed by atoms with Gasteiger partial charge in [-0.15, -0.1) is 0 Å². The molecule has 0 aromatic rings. The number of hydrogen-bond acceptors (Lipinski definition) is 4. The highest BCUT2D eigenvalue weighted by atomic mass is 16.2. The summed E-state index contributed by atoms with van der Waals surface area (Å²) in [6, 6.07) is -0.327. The zero-order valence-corrected chi connectivity index (χ0v) is 11.7. The van der Waals surface area contributed by atoms with Gasteiger partial charge in [-0.1, -0.05) is 13.8 Å². The van der Waals surface area contributed by atoms with E-state index in [-0.39, 0.29) is 29.9 Å². The Bertz CT molecular complexity index is 359. The molecule has 0 spiro atoms. The number of amides is 2. The molecule has 2 saturated heterocycles. The first-order valence-corrected chi connectivity index (χ1v) is 7.09. The van der Waals surface area contributed by atoms with Crippen LogP contribution in [-0.2, 0) is 9.59 Å². The predicted molar refractivity (Wildman–Crippen MR) is 72.4 cm³/mol. The normalized spacial score (nSPS) is 32.1. The van der Waals surface area contributed by atoms with E-state index in [1.165, 1.54) is 0 Å². The molecule has 0 aliphatic carbocycles.